The second-order valence-electron chi connectivity index (χ2n) is 5.06. The van der Waals surface area contributed by atoms with Crippen molar-refractivity contribution in [1.29, 1.82) is 0 Å². The van der Waals surface area contributed by atoms with Crippen molar-refractivity contribution in [1.82, 2.24) is 0 Å². The van der Waals surface area contributed by atoms with E-state index >= 15 is 0 Å². The lowest BCUT2D eigenvalue weighted by atomic mass is 10.1. The van der Waals surface area contributed by atoms with E-state index in [-0.39, 0.29) is 0 Å². The van der Waals surface area contributed by atoms with Crippen molar-refractivity contribution in [2.75, 3.05) is 39.5 Å². The van der Waals surface area contributed by atoms with E-state index in [1.165, 1.54) is 4.90 Å². The summed E-state index contributed by atoms with van der Waals surface area (Å²) < 4.78 is 11.2. The van der Waals surface area contributed by atoms with Gasteiger partial charge in [0.15, 0.2) is 0 Å². The topological polar surface area (TPSA) is 22.9 Å². The van der Waals surface area contributed by atoms with E-state index < -0.39 is 0 Å². The molecule has 1 saturated heterocycles. The van der Waals surface area contributed by atoms with Crippen LogP contribution in [0.15, 0.2) is 36.4 Å². The third kappa shape index (κ3) is 3.06. The van der Waals surface area contributed by atoms with E-state index in [4.69, 9.17) is 21.1 Å². The van der Waals surface area contributed by atoms with E-state index in [0.29, 0.717) is 11.6 Å². The second-order valence-corrected chi connectivity index (χ2v) is 5.44. The molecule has 20 heavy (non-hydrogen) atoms. The van der Waals surface area contributed by atoms with Gasteiger partial charge >= 0.3 is 0 Å². The Bertz CT molecular complexity index is 582. The highest BCUT2D eigenvalue weighted by Crippen LogP contribution is 2.32. The zero-order chi connectivity index (χ0) is 13.8. The number of hydrogen-bond acceptors (Lipinski definition) is 2. The molecule has 0 bridgehead atoms. The molecular weight excluding hydrogens is 274 g/mol. The molecule has 2 aromatic carbocycles. The van der Waals surface area contributed by atoms with E-state index in [1.54, 1.807) is 0 Å². The maximum Gasteiger partial charge on any atom is 0.138 e. The number of morpholine rings is 1. The predicted molar refractivity (Wildman–Crippen MR) is 80.8 cm³/mol. The summed E-state index contributed by atoms with van der Waals surface area (Å²) in [7, 11) is 0. The normalized spacial score (nSPS) is 16.4. The Hall–Kier alpha value is -1.29. The van der Waals surface area contributed by atoms with Gasteiger partial charge < -0.3 is 14.4 Å². The van der Waals surface area contributed by atoms with Crippen LogP contribution in [0.3, 0.4) is 0 Å². The first-order chi connectivity index (χ1) is 9.84. The standard InChI is InChI=1S/C16H18ClNO2/c17-16-14-4-2-1-3-13(14)5-6-15(16)20-12-9-18-7-10-19-11-8-18/h1-6H,7-12H2/p+1. The molecule has 106 valence electrons. The summed E-state index contributed by atoms with van der Waals surface area (Å²) in [6.07, 6.45) is 0. The summed E-state index contributed by atoms with van der Waals surface area (Å²) in [5.41, 5.74) is 0. The smallest absolute Gasteiger partial charge is 0.138 e. The summed E-state index contributed by atoms with van der Waals surface area (Å²) >= 11 is 6.41. The number of nitrogens with one attached hydrogen (secondary N) is 1. The number of benzene rings is 2. The third-order valence-electron chi connectivity index (χ3n) is 3.74. The molecule has 1 N–H and O–H groups in total. The largest absolute Gasteiger partial charge is 0.486 e. The van der Waals surface area contributed by atoms with Crippen molar-refractivity contribution in [3.63, 3.8) is 0 Å². The van der Waals surface area contributed by atoms with Gasteiger partial charge in [0, 0.05) is 5.39 Å². The molecule has 2 aromatic rings. The van der Waals surface area contributed by atoms with Gasteiger partial charge in [-0.2, -0.15) is 0 Å². The first-order valence-corrected chi connectivity index (χ1v) is 7.44. The minimum atomic E-state index is 0.688. The molecule has 0 spiro atoms. The summed E-state index contributed by atoms with van der Waals surface area (Å²) in [6.45, 7) is 5.52. The zero-order valence-electron chi connectivity index (χ0n) is 11.4. The average molecular weight is 293 g/mol. The predicted octanol–water partition coefficient (Wildman–Crippen LogP) is 1.79. The molecule has 0 unspecified atom stereocenters. The maximum atomic E-state index is 6.41. The average Bonchev–Trinajstić information content (AvgIpc) is 2.51. The number of halogens is 1. The Morgan fingerprint density at radius 2 is 1.90 bits per heavy atom. The summed E-state index contributed by atoms with van der Waals surface area (Å²) in [5.74, 6) is 0.776. The molecule has 0 aromatic heterocycles. The van der Waals surface area contributed by atoms with Crippen LogP contribution in [-0.4, -0.2) is 39.5 Å². The van der Waals surface area contributed by atoms with Gasteiger partial charge in [0.25, 0.3) is 0 Å². The lowest BCUT2D eigenvalue weighted by molar-refractivity contribution is -0.908. The number of hydrogen-bond donors (Lipinski definition) is 1. The molecule has 1 aliphatic heterocycles. The molecule has 4 heteroatoms. The fourth-order valence-corrected chi connectivity index (χ4v) is 2.83. The van der Waals surface area contributed by atoms with Crippen LogP contribution < -0.4 is 9.64 Å². The van der Waals surface area contributed by atoms with E-state index in [9.17, 15) is 0 Å². The van der Waals surface area contributed by atoms with Gasteiger partial charge in [-0.1, -0.05) is 41.9 Å². The van der Waals surface area contributed by atoms with E-state index in [2.05, 4.69) is 12.1 Å². The van der Waals surface area contributed by atoms with Gasteiger partial charge in [0.05, 0.1) is 18.2 Å². The molecule has 1 fully saturated rings. The minimum absolute atomic E-state index is 0.688. The van der Waals surface area contributed by atoms with Crippen molar-refractivity contribution < 1.29 is 14.4 Å². The summed E-state index contributed by atoms with van der Waals surface area (Å²) in [4.78, 5) is 1.54. The van der Waals surface area contributed by atoms with E-state index in [1.807, 2.05) is 24.3 Å². The van der Waals surface area contributed by atoms with Crippen LogP contribution in [0.25, 0.3) is 10.8 Å². The van der Waals surface area contributed by atoms with Gasteiger partial charge in [-0.05, 0) is 11.5 Å². The van der Waals surface area contributed by atoms with Crippen molar-refractivity contribution in [2.24, 2.45) is 0 Å². The van der Waals surface area contributed by atoms with Crippen molar-refractivity contribution in [2.45, 2.75) is 0 Å². The number of fused-ring (bicyclic) bond motifs is 1. The Balaban J connectivity index is 1.63. The molecule has 0 atom stereocenters. The van der Waals surface area contributed by atoms with Crippen LogP contribution in [0.2, 0.25) is 5.02 Å². The third-order valence-corrected chi connectivity index (χ3v) is 4.13. The fourth-order valence-electron chi connectivity index (χ4n) is 2.54. The molecule has 0 saturated carbocycles. The number of rotatable bonds is 4. The highest BCUT2D eigenvalue weighted by atomic mass is 35.5. The van der Waals surface area contributed by atoms with Crippen molar-refractivity contribution in [3.8, 4) is 5.75 Å². The quantitative estimate of drug-likeness (QED) is 0.928. The van der Waals surface area contributed by atoms with Crippen LogP contribution in [0.4, 0.5) is 0 Å². The van der Waals surface area contributed by atoms with Crippen molar-refractivity contribution in [3.05, 3.63) is 41.4 Å². The minimum Gasteiger partial charge on any atom is -0.486 e. The zero-order valence-corrected chi connectivity index (χ0v) is 12.2. The molecule has 1 aliphatic rings. The van der Waals surface area contributed by atoms with Gasteiger partial charge in [-0.25, -0.2) is 0 Å². The Morgan fingerprint density at radius 1 is 1.10 bits per heavy atom. The molecule has 3 nitrogen and oxygen atoms in total. The van der Waals surface area contributed by atoms with Gasteiger partial charge in [0.2, 0.25) is 0 Å². The van der Waals surface area contributed by atoms with Gasteiger partial charge in [-0.15, -0.1) is 0 Å². The van der Waals surface area contributed by atoms with Crippen LogP contribution >= 0.6 is 11.6 Å². The number of ether oxygens (including phenoxy) is 2. The molecule has 0 radical (unpaired) electrons. The molecule has 0 aliphatic carbocycles. The van der Waals surface area contributed by atoms with Crippen LogP contribution in [0.5, 0.6) is 5.75 Å². The lowest BCUT2D eigenvalue weighted by Crippen LogP contribution is -3.14. The van der Waals surface area contributed by atoms with Crippen LogP contribution in [0, 0.1) is 0 Å². The molecule has 0 amide bonds. The van der Waals surface area contributed by atoms with Gasteiger partial charge in [-0.3, -0.25) is 0 Å². The molecule has 1 heterocycles. The maximum absolute atomic E-state index is 6.41. The SMILES string of the molecule is Clc1c(OCC[NH+]2CCOCC2)ccc2ccccc12. The second kappa shape index (κ2) is 6.44. The lowest BCUT2D eigenvalue weighted by Gasteiger charge is -2.23. The molecular formula is C16H19ClNO2+. The summed E-state index contributed by atoms with van der Waals surface area (Å²) in [5, 5.41) is 2.90. The molecule has 3 rings (SSSR count). The first kappa shape index (κ1) is 13.7. The Labute approximate surface area is 124 Å². The van der Waals surface area contributed by atoms with Crippen LogP contribution in [0.1, 0.15) is 0 Å². The van der Waals surface area contributed by atoms with Crippen molar-refractivity contribution >= 4 is 22.4 Å². The monoisotopic (exact) mass is 292 g/mol. The van der Waals surface area contributed by atoms with E-state index in [0.717, 1.165) is 49.4 Å². The summed E-state index contributed by atoms with van der Waals surface area (Å²) in [6, 6.07) is 12.1. The Morgan fingerprint density at radius 3 is 2.75 bits per heavy atom. The highest BCUT2D eigenvalue weighted by molar-refractivity contribution is 6.37. The van der Waals surface area contributed by atoms with Crippen LogP contribution in [-0.2, 0) is 4.74 Å². The number of quaternary nitrogens is 1. The van der Waals surface area contributed by atoms with Gasteiger partial charge in [0.1, 0.15) is 32.0 Å². The fraction of sp³-hybridized carbons (Fsp3) is 0.375. The Kier molecular flexibility index (Phi) is 4.41. The highest BCUT2D eigenvalue weighted by Gasteiger charge is 2.14. The first-order valence-electron chi connectivity index (χ1n) is 7.06.